The average molecular weight is 298 g/mol. The van der Waals surface area contributed by atoms with Crippen LogP contribution in [0, 0.1) is 0 Å². The molecule has 20 heavy (non-hydrogen) atoms. The number of nitrogens with one attached hydrogen (secondary N) is 3. The standard InChI is InChI=1S/C12H18N4O3S/c1-3-10(12-14-6-7-15-12)16-8-9-4-5-11(19-9)20(17,18)13-2/h4-7,10,13,16H,3,8H2,1-2H3,(H,14,15). The number of nitrogens with zero attached hydrogens (tertiary/aromatic N) is 1. The lowest BCUT2D eigenvalue weighted by molar-refractivity contribution is 0.383. The van der Waals surface area contributed by atoms with Crippen LogP contribution in [-0.2, 0) is 16.6 Å². The van der Waals surface area contributed by atoms with Crippen molar-refractivity contribution in [3.8, 4) is 0 Å². The van der Waals surface area contributed by atoms with Gasteiger partial charge in [-0.1, -0.05) is 6.92 Å². The Bertz CT molecular complexity index is 633. The van der Waals surface area contributed by atoms with Crippen molar-refractivity contribution in [1.82, 2.24) is 20.0 Å². The molecule has 110 valence electrons. The molecule has 3 N–H and O–H groups in total. The number of imidazole rings is 1. The predicted molar refractivity (Wildman–Crippen MR) is 73.4 cm³/mol. The average Bonchev–Trinajstić information content (AvgIpc) is 3.10. The van der Waals surface area contributed by atoms with E-state index < -0.39 is 10.0 Å². The van der Waals surface area contributed by atoms with Crippen LogP contribution >= 0.6 is 0 Å². The summed E-state index contributed by atoms with van der Waals surface area (Å²) in [4.78, 5) is 7.26. The first-order valence-corrected chi connectivity index (χ1v) is 7.80. The van der Waals surface area contributed by atoms with Gasteiger partial charge in [0.2, 0.25) is 5.09 Å². The highest BCUT2D eigenvalue weighted by molar-refractivity contribution is 7.89. The number of furan rings is 1. The molecule has 0 aromatic carbocycles. The van der Waals surface area contributed by atoms with Gasteiger partial charge in [-0.15, -0.1) is 0 Å². The first-order valence-electron chi connectivity index (χ1n) is 6.31. The van der Waals surface area contributed by atoms with E-state index in [1.54, 1.807) is 18.5 Å². The van der Waals surface area contributed by atoms with E-state index in [4.69, 9.17) is 4.42 Å². The molecule has 2 rings (SSSR count). The molecule has 0 aliphatic carbocycles. The maximum absolute atomic E-state index is 11.6. The van der Waals surface area contributed by atoms with Crippen LogP contribution in [0.3, 0.4) is 0 Å². The van der Waals surface area contributed by atoms with E-state index in [9.17, 15) is 8.42 Å². The third-order valence-electron chi connectivity index (χ3n) is 2.95. The zero-order valence-electron chi connectivity index (χ0n) is 11.4. The maximum Gasteiger partial charge on any atom is 0.273 e. The SMILES string of the molecule is CCC(NCc1ccc(S(=O)(=O)NC)o1)c1ncc[nH]1. The minimum absolute atomic E-state index is 0.0689. The molecule has 1 atom stereocenters. The number of hydrogen-bond donors (Lipinski definition) is 3. The molecule has 0 saturated carbocycles. The molecule has 0 radical (unpaired) electrons. The van der Waals surface area contributed by atoms with Crippen LogP contribution in [0.1, 0.15) is 31.0 Å². The first-order chi connectivity index (χ1) is 9.56. The fraction of sp³-hybridized carbons (Fsp3) is 0.417. The number of aromatic amines is 1. The van der Waals surface area contributed by atoms with Gasteiger partial charge in [0.1, 0.15) is 11.6 Å². The molecule has 1 unspecified atom stereocenters. The molecular formula is C12H18N4O3S. The number of sulfonamides is 1. The van der Waals surface area contributed by atoms with Crippen molar-refractivity contribution in [2.45, 2.75) is 31.0 Å². The Morgan fingerprint density at radius 1 is 1.45 bits per heavy atom. The van der Waals surface area contributed by atoms with Crippen LogP contribution in [0.15, 0.2) is 34.0 Å². The Hall–Kier alpha value is -1.64. The van der Waals surface area contributed by atoms with Crippen LogP contribution in [-0.4, -0.2) is 25.4 Å². The molecule has 8 heteroatoms. The third-order valence-corrected chi connectivity index (χ3v) is 4.24. The zero-order valence-corrected chi connectivity index (χ0v) is 12.2. The van der Waals surface area contributed by atoms with E-state index in [0.717, 1.165) is 12.2 Å². The second-order valence-corrected chi connectivity index (χ2v) is 6.06. The number of hydrogen-bond acceptors (Lipinski definition) is 5. The minimum Gasteiger partial charge on any atom is -0.447 e. The molecule has 2 aromatic rings. The number of aromatic nitrogens is 2. The first kappa shape index (κ1) is 14.8. The molecule has 2 aromatic heterocycles. The summed E-state index contributed by atoms with van der Waals surface area (Å²) in [6.45, 7) is 2.47. The van der Waals surface area contributed by atoms with Crippen molar-refractivity contribution in [1.29, 1.82) is 0 Å². The van der Waals surface area contributed by atoms with Gasteiger partial charge in [0.15, 0.2) is 0 Å². The Morgan fingerprint density at radius 3 is 2.85 bits per heavy atom. The molecule has 0 spiro atoms. The highest BCUT2D eigenvalue weighted by atomic mass is 32.2. The van der Waals surface area contributed by atoms with Crippen molar-refractivity contribution >= 4 is 10.0 Å². The Kier molecular flexibility index (Phi) is 4.58. The van der Waals surface area contributed by atoms with Crippen molar-refractivity contribution in [3.05, 3.63) is 36.1 Å². The lowest BCUT2D eigenvalue weighted by Gasteiger charge is -2.13. The molecular weight excluding hydrogens is 280 g/mol. The van der Waals surface area contributed by atoms with Gasteiger partial charge in [0.05, 0.1) is 12.6 Å². The van der Waals surface area contributed by atoms with E-state index in [-0.39, 0.29) is 11.1 Å². The molecule has 0 saturated heterocycles. The van der Waals surface area contributed by atoms with Gasteiger partial charge in [-0.05, 0) is 25.6 Å². The van der Waals surface area contributed by atoms with Gasteiger partial charge in [0, 0.05) is 12.4 Å². The molecule has 0 aliphatic rings. The van der Waals surface area contributed by atoms with Crippen molar-refractivity contribution in [2.75, 3.05) is 7.05 Å². The van der Waals surface area contributed by atoms with E-state index >= 15 is 0 Å². The van der Waals surface area contributed by atoms with Crippen LogP contribution in [0.4, 0.5) is 0 Å². The summed E-state index contributed by atoms with van der Waals surface area (Å²) in [6.07, 6.45) is 4.32. The van der Waals surface area contributed by atoms with Gasteiger partial charge < -0.3 is 14.7 Å². The number of rotatable bonds is 7. The van der Waals surface area contributed by atoms with E-state index in [0.29, 0.717) is 12.3 Å². The normalized spacial score (nSPS) is 13.5. The number of H-pyrrole nitrogens is 1. The van der Waals surface area contributed by atoms with Gasteiger partial charge in [0.25, 0.3) is 10.0 Å². The summed E-state index contributed by atoms with van der Waals surface area (Å²) in [5, 5.41) is 3.19. The van der Waals surface area contributed by atoms with Crippen molar-refractivity contribution in [3.63, 3.8) is 0 Å². The van der Waals surface area contributed by atoms with Crippen LogP contribution in [0.25, 0.3) is 0 Å². The minimum atomic E-state index is -3.53. The van der Waals surface area contributed by atoms with Gasteiger partial charge in [-0.25, -0.2) is 18.1 Å². The fourth-order valence-corrected chi connectivity index (χ4v) is 2.49. The van der Waals surface area contributed by atoms with E-state index in [1.807, 2.05) is 6.92 Å². The topological polar surface area (TPSA) is 100 Å². The van der Waals surface area contributed by atoms with Gasteiger partial charge >= 0.3 is 0 Å². The Labute approximate surface area is 117 Å². The summed E-state index contributed by atoms with van der Waals surface area (Å²) in [5.41, 5.74) is 0. The van der Waals surface area contributed by atoms with Crippen LogP contribution in [0.2, 0.25) is 0 Å². The molecule has 7 nitrogen and oxygen atoms in total. The maximum atomic E-state index is 11.6. The Balaban J connectivity index is 2.01. The highest BCUT2D eigenvalue weighted by Gasteiger charge is 2.17. The summed E-state index contributed by atoms with van der Waals surface area (Å²) in [7, 11) is -2.18. The summed E-state index contributed by atoms with van der Waals surface area (Å²) < 4.78 is 30.6. The van der Waals surface area contributed by atoms with Crippen molar-refractivity contribution < 1.29 is 12.8 Å². The quantitative estimate of drug-likeness (QED) is 0.712. The highest BCUT2D eigenvalue weighted by Crippen LogP contribution is 2.16. The largest absolute Gasteiger partial charge is 0.447 e. The fourth-order valence-electron chi connectivity index (χ4n) is 1.82. The summed E-state index contributed by atoms with van der Waals surface area (Å²) >= 11 is 0. The lowest BCUT2D eigenvalue weighted by atomic mass is 10.2. The zero-order chi connectivity index (χ0) is 14.6. The van der Waals surface area contributed by atoms with Gasteiger partial charge in [-0.2, -0.15) is 0 Å². The van der Waals surface area contributed by atoms with E-state index in [1.165, 1.54) is 13.1 Å². The lowest BCUT2D eigenvalue weighted by Crippen LogP contribution is -2.21. The van der Waals surface area contributed by atoms with Crippen molar-refractivity contribution in [2.24, 2.45) is 0 Å². The predicted octanol–water partition coefficient (Wildman–Crippen LogP) is 1.15. The van der Waals surface area contributed by atoms with Crippen LogP contribution in [0.5, 0.6) is 0 Å². The molecule has 0 bridgehead atoms. The van der Waals surface area contributed by atoms with E-state index in [2.05, 4.69) is 20.0 Å². The molecule has 0 fully saturated rings. The molecule has 0 aliphatic heterocycles. The van der Waals surface area contributed by atoms with Gasteiger partial charge in [-0.3, -0.25) is 0 Å². The second-order valence-electron chi connectivity index (χ2n) is 4.24. The summed E-state index contributed by atoms with van der Waals surface area (Å²) in [6, 6.07) is 3.16. The smallest absolute Gasteiger partial charge is 0.273 e. The third kappa shape index (κ3) is 3.27. The second kappa shape index (κ2) is 6.21. The monoisotopic (exact) mass is 298 g/mol. The molecule has 2 heterocycles. The Morgan fingerprint density at radius 2 is 2.25 bits per heavy atom. The summed E-state index contributed by atoms with van der Waals surface area (Å²) in [5.74, 6) is 1.41. The molecule has 0 amide bonds. The van der Waals surface area contributed by atoms with Crippen LogP contribution < -0.4 is 10.0 Å².